The lowest BCUT2D eigenvalue weighted by Gasteiger charge is -2.06. The second kappa shape index (κ2) is 6.00. The predicted octanol–water partition coefficient (Wildman–Crippen LogP) is 1.06. The minimum atomic E-state index is -0.427. The van der Waals surface area contributed by atoms with E-state index in [1.807, 2.05) is 6.92 Å². The van der Waals surface area contributed by atoms with Crippen molar-refractivity contribution in [2.24, 2.45) is 0 Å². The summed E-state index contributed by atoms with van der Waals surface area (Å²) in [5.74, 6) is -0.427. The average Bonchev–Trinajstić information content (AvgIpc) is 2.81. The largest absolute Gasteiger partial charge is 0.465 e. The van der Waals surface area contributed by atoms with Crippen LogP contribution in [0.4, 0.5) is 0 Å². The Labute approximate surface area is 123 Å². The zero-order valence-electron chi connectivity index (χ0n) is 11.0. The third kappa shape index (κ3) is 2.79. The maximum absolute atomic E-state index is 11.9. The highest BCUT2D eigenvalue weighted by molar-refractivity contribution is 9.10. The van der Waals surface area contributed by atoms with Crippen molar-refractivity contribution in [2.75, 3.05) is 7.11 Å². The van der Waals surface area contributed by atoms with Crippen LogP contribution in [0.5, 0.6) is 0 Å². The summed E-state index contributed by atoms with van der Waals surface area (Å²) in [6, 6.07) is 5.04. The number of esters is 1. The molecule has 106 valence electrons. The van der Waals surface area contributed by atoms with Gasteiger partial charge in [-0.15, -0.1) is 0 Å². The zero-order chi connectivity index (χ0) is 14.7. The fraction of sp³-hybridized carbons (Fsp3) is 0.333. The summed E-state index contributed by atoms with van der Waals surface area (Å²) in [6.07, 6.45) is 0. The summed E-state index contributed by atoms with van der Waals surface area (Å²) in [7, 11) is 1.32. The van der Waals surface area contributed by atoms with Gasteiger partial charge in [-0.1, -0.05) is 15.9 Å². The number of hydrogen-bond acceptors (Lipinski definition) is 5. The molecule has 0 amide bonds. The molecular weight excluding hydrogens is 328 g/mol. The summed E-state index contributed by atoms with van der Waals surface area (Å²) in [5, 5.41) is 7.54. The Morgan fingerprint density at radius 1 is 1.35 bits per heavy atom. The number of methoxy groups -OCH3 is 1. The summed E-state index contributed by atoms with van der Waals surface area (Å²) in [6.45, 7) is 2.50. The van der Waals surface area contributed by atoms with Gasteiger partial charge in [0.25, 0.3) is 0 Å². The number of tetrazole rings is 1. The third-order valence-corrected chi connectivity index (χ3v) is 3.56. The summed E-state index contributed by atoms with van der Waals surface area (Å²) in [5.41, 5.74) is 0.877. The van der Waals surface area contributed by atoms with Crippen LogP contribution in [0.15, 0.2) is 27.5 Å². The Morgan fingerprint density at radius 2 is 2.05 bits per heavy atom. The molecule has 0 N–H and O–H groups in total. The molecule has 0 radical (unpaired) electrons. The molecule has 8 heteroatoms. The minimum Gasteiger partial charge on any atom is -0.465 e. The molecule has 0 bridgehead atoms. The van der Waals surface area contributed by atoms with Crippen LogP contribution in [0, 0.1) is 0 Å². The molecule has 0 saturated carbocycles. The van der Waals surface area contributed by atoms with Gasteiger partial charge < -0.3 is 4.74 Å². The van der Waals surface area contributed by atoms with Crippen LogP contribution >= 0.6 is 15.9 Å². The monoisotopic (exact) mass is 340 g/mol. The van der Waals surface area contributed by atoms with Gasteiger partial charge in [0, 0.05) is 11.0 Å². The van der Waals surface area contributed by atoms with Crippen molar-refractivity contribution < 1.29 is 9.53 Å². The fourth-order valence-corrected chi connectivity index (χ4v) is 2.08. The standard InChI is InChI=1S/C12H13BrN4O3/c1-3-16-12(19)17(15-14-16)7-9-6-8(11(18)20-2)4-5-10(9)13/h4-6H,3,7H2,1-2H3. The molecule has 0 spiro atoms. The van der Waals surface area contributed by atoms with Gasteiger partial charge in [-0.05, 0) is 41.1 Å². The Bertz CT molecular complexity index is 692. The van der Waals surface area contributed by atoms with Gasteiger partial charge in [0.15, 0.2) is 0 Å². The average molecular weight is 341 g/mol. The topological polar surface area (TPSA) is 79.0 Å². The van der Waals surface area contributed by atoms with E-state index in [-0.39, 0.29) is 12.2 Å². The number of halogens is 1. The second-order valence-electron chi connectivity index (χ2n) is 4.03. The Balaban J connectivity index is 2.35. The van der Waals surface area contributed by atoms with Crippen LogP contribution < -0.4 is 5.69 Å². The Morgan fingerprint density at radius 3 is 2.65 bits per heavy atom. The quantitative estimate of drug-likeness (QED) is 0.777. The van der Waals surface area contributed by atoms with E-state index in [1.54, 1.807) is 18.2 Å². The van der Waals surface area contributed by atoms with Crippen molar-refractivity contribution in [3.63, 3.8) is 0 Å². The van der Waals surface area contributed by atoms with E-state index in [0.29, 0.717) is 12.1 Å². The van der Waals surface area contributed by atoms with Gasteiger partial charge in [0.1, 0.15) is 0 Å². The van der Waals surface area contributed by atoms with E-state index in [0.717, 1.165) is 10.0 Å². The maximum atomic E-state index is 11.9. The number of aromatic nitrogens is 4. The molecule has 0 saturated heterocycles. The number of carbonyl (C=O) groups is 1. The molecule has 0 fully saturated rings. The number of ether oxygens (including phenoxy) is 1. The summed E-state index contributed by atoms with van der Waals surface area (Å²) >= 11 is 3.38. The van der Waals surface area contributed by atoms with Crippen molar-refractivity contribution >= 4 is 21.9 Å². The lowest BCUT2D eigenvalue weighted by Crippen LogP contribution is -2.25. The SMILES string of the molecule is CCn1nnn(Cc2cc(C(=O)OC)ccc2Br)c1=O. The van der Waals surface area contributed by atoms with Crippen LogP contribution in [0.25, 0.3) is 0 Å². The highest BCUT2D eigenvalue weighted by Crippen LogP contribution is 2.19. The number of aryl methyl sites for hydroxylation is 1. The van der Waals surface area contributed by atoms with Crippen LogP contribution in [-0.2, 0) is 17.8 Å². The lowest BCUT2D eigenvalue weighted by molar-refractivity contribution is 0.0600. The summed E-state index contributed by atoms with van der Waals surface area (Å²) < 4.78 is 7.96. The maximum Gasteiger partial charge on any atom is 0.363 e. The summed E-state index contributed by atoms with van der Waals surface area (Å²) in [4.78, 5) is 23.4. The molecule has 2 rings (SSSR count). The first-order valence-corrected chi connectivity index (χ1v) is 6.73. The molecule has 1 aromatic carbocycles. The van der Waals surface area contributed by atoms with Gasteiger partial charge >= 0.3 is 11.7 Å². The van der Waals surface area contributed by atoms with E-state index < -0.39 is 5.97 Å². The third-order valence-electron chi connectivity index (χ3n) is 2.78. The lowest BCUT2D eigenvalue weighted by atomic mass is 10.1. The molecular formula is C12H13BrN4O3. The number of nitrogens with zero attached hydrogens (tertiary/aromatic N) is 4. The first-order chi connectivity index (χ1) is 9.56. The molecule has 0 unspecified atom stereocenters. The second-order valence-corrected chi connectivity index (χ2v) is 4.89. The van der Waals surface area contributed by atoms with Crippen LogP contribution in [0.1, 0.15) is 22.8 Å². The molecule has 1 aromatic heterocycles. The molecule has 0 atom stereocenters. The van der Waals surface area contributed by atoms with Gasteiger partial charge in [0.05, 0.1) is 19.2 Å². The normalized spacial score (nSPS) is 10.6. The number of hydrogen-bond donors (Lipinski definition) is 0. The number of rotatable bonds is 4. The molecule has 1 heterocycles. The molecule has 2 aromatic rings. The Hall–Kier alpha value is -1.96. The van der Waals surface area contributed by atoms with E-state index in [9.17, 15) is 9.59 Å². The van der Waals surface area contributed by atoms with Crippen molar-refractivity contribution in [3.05, 3.63) is 44.3 Å². The molecule has 0 aliphatic carbocycles. The van der Waals surface area contributed by atoms with Crippen molar-refractivity contribution in [3.8, 4) is 0 Å². The van der Waals surface area contributed by atoms with Gasteiger partial charge in [-0.3, -0.25) is 0 Å². The smallest absolute Gasteiger partial charge is 0.363 e. The predicted molar refractivity (Wildman–Crippen MR) is 74.5 cm³/mol. The highest BCUT2D eigenvalue weighted by atomic mass is 79.9. The Kier molecular flexibility index (Phi) is 4.33. The number of benzene rings is 1. The van der Waals surface area contributed by atoms with Gasteiger partial charge in [-0.2, -0.15) is 9.36 Å². The fourth-order valence-electron chi connectivity index (χ4n) is 1.71. The number of carbonyl (C=O) groups excluding carboxylic acids is 1. The zero-order valence-corrected chi connectivity index (χ0v) is 12.6. The molecule has 0 aliphatic rings. The van der Waals surface area contributed by atoms with E-state index in [4.69, 9.17) is 0 Å². The first kappa shape index (κ1) is 14.4. The molecule has 20 heavy (non-hydrogen) atoms. The first-order valence-electron chi connectivity index (χ1n) is 5.94. The van der Waals surface area contributed by atoms with Crippen LogP contribution in [-0.4, -0.2) is 32.9 Å². The van der Waals surface area contributed by atoms with Gasteiger partial charge in [0.2, 0.25) is 0 Å². The van der Waals surface area contributed by atoms with Crippen LogP contribution in [0.2, 0.25) is 0 Å². The minimum absolute atomic E-state index is 0.226. The van der Waals surface area contributed by atoms with Crippen LogP contribution in [0.3, 0.4) is 0 Å². The highest BCUT2D eigenvalue weighted by Gasteiger charge is 2.12. The van der Waals surface area contributed by atoms with E-state index in [2.05, 4.69) is 31.1 Å². The van der Waals surface area contributed by atoms with Crippen molar-refractivity contribution in [1.29, 1.82) is 0 Å². The molecule has 0 aliphatic heterocycles. The van der Waals surface area contributed by atoms with Crippen molar-refractivity contribution in [1.82, 2.24) is 19.8 Å². The molecule has 7 nitrogen and oxygen atoms in total. The van der Waals surface area contributed by atoms with Crippen molar-refractivity contribution in [2.45, 2.75) is 20.0 Å². The van der Waals surface area contributed by atoms with Gasteiger partial charge in [-0.25, -0.2) is 9.59 Å². The van der Waals surface area contributed by atoms with E-state index >= 15 is 0 Å². The van der Waals surface area contributed by atoms with E-state index in [1.165, 1.54) is 16.5 Å².